The number of hydrogen-bond donors (Lipinski definition) is 2. The Kier molecular flexibility index (Phi) is 5.19. The van der Waals surface area contributed by atoms with Crippen molar-refractivity contribution >= 4 is 22.5 Å². The quantitative estimate of drug-likeness (QED) is 0.628. The van der Waals surface area contributed by atoms with Crippen LogP contribution in [-0.4, -0.2) is 16.5 Å². The van der Waals surface area contributed by atoms with Gasteiger partial charge in [0.2, 0.25) is 0 Å². The van der Waals surface area contributed by atoms with Gasteiger partial charge in [-0.3, -0.25) is 16.3 Å². The van der Waals surface area contributed by atoms with E-state index >= 15 is 0 Å². The molecule has 1 atom stereocenters. The molecule has 0 amide bonds. The number of hydrazine groups is 1. The highest BCUT2D eigenvalue weighted by Crippen LogP contribution is 2.25. The fourth-order valence-corrected chi connectivity index (χ4v) is 3.19. The zero-order valence-corrected chi connectivity index (χ0v) is 12.3. The normalized spacial score (nSPS) is 13.1. The SMILES string of the molecule is CC(C)CSCC(NN)c1cncc2ccccc12. The molecule has 0 spiro atoms. The maximum Gasteiger partial charge on any atom is 0.0571 e. The van der Waals surface area contributed by atoms with Crippen LogP contribution in [0.4, 0.5) is 0 Å². The molecule has 3 N–H and O–H groups in total. The van der Waals surface area contributed by atoms with Crippen molar-refractivity contribution in [3.8, 4) is 0 Å². The molecule has 0 aliphatic carbocycles. The number of benzene rings is 1. The molecule has 0 fully saturated rings. The van der Waals surface area contributed by atoms with E-state index < -0.39 is 0 Å². The maximum absolute atomic E-state index is 5.72. The van der Waals surface area contributed by atoms with E-state index in [0.717, 1.165) is 16.9 Å². The van der Waals surface area contributed by atoms with Crippen molar-refractivity contribution in [2.45, 2.75) is 19.9 Å². The Morgan fingerprint density at radius 2 is 2.00 bits per heavy atom. The number of rotatable bonds is 6. The van der Waals surface area contributed by atoms with E-state index in [-0.39, 0.29) is 6.04 Å². The monoisotopic (exact) mass is 275 g/mol. The van der Waals surface area contributed by atoms with Gasteiger partial charge in [0.05, 0.1) is 6.04 Å². The summed E-state index contributed by atoms with van der Waals surface area (Å²) >= 11 is 1.93. The first-order chi connectivity index (χ1) is 9.22. The van der Waals surface area contributed by atoms with Crippen LogP contribution < -0.4 is 11.3 Å². The van der Waals surface area contributed by atoms with Crippen molar-refractivity contribution in [2.24, 2.45) is 11.8 Å². The van der Waals surface area contributed by atoms with Crippen LogP contribution in [0.15, 0.2) is 36.7 Å². The molecule has 3 nitrogen and oxygen atoms in total. The van der Waals surface area contributed by atoms with Gasteiger partial charge in [0.15, 0.2) is 0 Å². The highest BCUT2D eigenvalue weighted by atomic mass is 32.2. The third kappa shape index (κ3) is 3.69. The van der Waals surface area contributed by atoms with E-state index in [1.165, 1.54) is 10.9 Å². The third-order valence-corrected chi connectivity index (χ3v) is 4.48. The van der Waals surface area contributed by atoms with Crippen molar-refractivity contribution in [1.82, 2.24) is 10.4 Å². The molecular formula is C15H21N3S. The Hall–Kier alpha value is -1.10. The van der Waals surface area contributed by atoms with Crippen molar-refractivity contribution in [2.75, 3.05) is 11.5 Å². The summed E-state index contributed by atoms with van der Waals surface area (Å²) in [5.41, 5.74) is 4.10. The molecule has 0 aliphatic rings. The van der Waals surface area contributed by atoms with Crippen LogP contribution in [0.5, 0.6) is 0 Å². The Morgan fingerprint density at radius 3 is 2.74 bits per heavy atom. The van der Waals surface area contributed by atoms with Crippen molar-refractivity contribution < 1.29 is 0 Å². The van der Waals surface area contributed by atoms with E-state index in [1.807, 2.05) is 30.2 Å². The average Bonchev–Trinajstić information content (AvgIpc) is 2.43. The van der Waals surface area contributed by atoms with E-state index in [1.54, 1.807) is 0 Å². The molecule has 0 aliphatic heterocycles. The number of pyridine rings is 1. The summed E-state index contributed by atoms with van der Waals surface area (Å²) in [6.45, 7) is 4.47. The molecule has 1 aromatic carbocycles. The van der Waals surface area contributed by atoms with Gasteiger partial charge in [-0.1, -0.05) is 38.1 Å². The van der Waals surface area contributed by atoms with Crippen LogP contribution in [0, 0.1) is 5.92 Å². The van der Waals surface area contributed by atoms with Crippen molar-refractivity contribution in [1.29, 1.82) is 0 Å². The number of nitrogens with two attached hydrogens (primary N) is 1. The fraction of sp³-hybridized carbons (Fsp3) is 0.400. The molecule has 1 heterocycles. The molecule has 2 aromatic rings. The lowest BCUT2D eigenvalue weighted by molar-refractivity contribution is 0.611. The van der Waals surface area contributed by atoms with Gasteiger partial charge in [-0.2, -0.15) is 11.8 Å². The number of fused-ring (bicyclic) bond motifs is 1. The predicted molar refractivity (Wildman–Crippen MR) is 84.0 cm³/mol. The zero-order valence-electron chi connectivity index (χ0n) is 11.5. The molecule has 1 unspecified atom stereocenters. The first kappa shape index (κ1) is 14.3. The topological polar surface area (TPSA) is 50.9 Å². The number of hydrogen-bond acceptors (Lipinski definition) is 4. The molecule has 19 heavy (non-hydrogen) atoms. The average molecular weight is 275 g/mol. The lowest BCUT2D eigenvalue weighted by Gasteiger charge is -2.18. The van der Waals surface area contributed by atoms with Gasteiger partial charge in [-0.05, 0) is 22.6 Å². The Morgan fingerprint density at radius 1 is 1.21 bits per heavy atom. The summed E-state index contributed by atoms with van der Waals surface area (Å²) in [5.74, 6) is 8.54. The minimum Gasteiger partial charge on any atom is -0.271 e. The molecule has 2 rings (SSSR count). The minimum atomic E-state index is 0.141. The summed E-state index contributed by atoms with van der Waals surface area (Å²) in [6.07, 6.45) is 3.82. The molecule has 0 bridgehead atoms. The highest BCUT2D eigenvalue weighted by molar-refractivity contribution is 7.99. The van der Waals surface area contributed by atoms with E-state index in [9.17, 15) is 0 Å². The number of thioether (sulfide) groups is 1. The minimum absolute atomic E-state index is 0.141. The standard InChI is InChI=1S/C15H21N3S/c1-11(2)9-19-10-15(18-16)14-8-17-7-12-5-3-4-6-13(12)14/h3-8,11,15,18H,9-10,16H2,1-2H3. The maximum atomic E-state index is 5.72. The number of nitrogens with zero attached hydrogens (tertiary/aromatic N) is 1. The Labute approximate surface area is 119 Å². The first-order valence-electron chi connectivity index (χ1n) is 6.59. The smallest absolute Gasteiger partial charge is 0.0571 e. The number of aromatic nitrogens is 1. The summed E-state index contributed by atoms with van der Waals surface area (Å²) in [5, 5.41) is 2.39. The van der Waals surface area contributed by atoms with Gasteiger partial charge in [0, 0.05) is 23.5 Å². The first-order valence-corrected chi connectivity index (χ1v) is 7.74. The van der Waals surface area contributed by atoms with Gasteiger partial charge in [-0.25, -0.2) is 0 Å². The highest BCUT2D eigenvalue weighted by Gasteiger charge is 2.13. The van der Waals surface area contributed by atoms with E-state index in [0.29, 0.717) is 5.92 Å². The van der Waals surface area contributed by atoms with E-state index in [4.69, 9.17) is 5.84 Å². The summed E-state index contributed by atoms with van der Waals surface area (Å²) in [6, 6.07) is 8.44. The Balaban J connectivity index is 2.20. The van der Waals surface area contributed by atoms with Crippen molar-refractivity contribution in [3.63, 3.8) is 0 Å². The largest absolute Gasteiger partial charge is 0.271 e. The van der Waals surface area contributed by atoms with Crippen LogP contribution in [0.3, 0.4) is 0 Å². The van der Waals surface area contributed by atoms with Crippen LogP contribution in [-0.2, 0) is 0 Å². The second-order valence-electron chi connectivity index (χ2n) is 5.10. The predicted octanol–water partition coefficient (Wildman–Crippen LogP) is 3.13. The molecule has 4 heteroatoms. The summed E-state index contributed by atoms with van der Waals surface area (Å²) in [4.78, 5) is 4.32. The molecule has 102 valence electrons. The zero-order chi connectivity index (χ0) is 13.7. The molecule has 0 saturated heterocycles. The lowest BCUT2D eigenvalue weighted by Crippen LogP contribution is -2.30. The molecule has 0 radical (unpaired) electrons. The van der Waals surface area contributed by atoms with Gasteiger partial charge in [0.1, 0.15) is 0 Å². The molecule has 1 aromatic heterocycles. The second-order valence-corrected chi connectivity index (χ2v) is 6.18. The lowest BCUT2D eigenvalue weighted by atomic mass is 10.0. The Bertz CT molecular complexity index is 522. The number of nitrogens with one attached hydrogen (secondary N) is 1. The van der Waals surface area contributed by atoms with Crippen LogP contribution in [0.1, 0.15) is 25.5 Å². The summed E-state index contributed by atoms with van der Waals surface area (Å²) < 4.78 is 0. The summed E-state index contributed by atoms with van der Waals surface area (Å²) in [7, 11) is 0. The fourth-order valence-electron chi connectivity index (χ4n) is 2.07. The second kappa shape index (κ2) is 6.89. The van der Waals surface area contributed by atoms with Crippen LogP contribution in [0.2, 0.25) is 0 Å². The molecular weight excluding hydrogens is 254 g/mol. The van der Waals surface area contributed by atoms with E-state index in [2.05, 4.69) is 42.5 Å². The van der Waals surface area contributed by atoms with Gasteiger partial charge in [-0.15, -0.1) is 0 Å². The van der Waals surface area contributed by atoms with Crippen molar-refractivity contribution in [3.05, 3.63) is 42.2 Å². The van der Waals surface area contributed by atoms with Crippen LogP contribution >= 0.6 is 11.8 Å². The van der Waals surface area contributed by atoms with Gasteiger partial charge >= 0.3 is 0 Å². The third-order valence-electron chi connectivity index (χ3n) is 3.01. The van der Waals surface area contributed by atoms with Crippen LogP contribution in [0.25, 0.3) is 10.8 Å². The molecule has 0 saturated carbocycles. The van der Waals surface area contributed by atoms with Gasteiger partial charge in [0.25, 0.3) is 0 Å². The van der Waals surface area contributed by atoms with Gasteiger partial charge < -0.3 is 0 Å².